The highest BCUT2D eigenvalue weighted by molar-refractivity contribution is 4.92. The Kier molecular flexibility index (Phi) is 33.4. The highest BCUT2D eigenvalue weighted by Gasteiger charge is 2.36. The highest BCUT2D eigenvalue weighted by Crippen LogP contribution is 2.34. The second-order valence-corrected chi connectivity index (χ2v) is 16.9. The fourth-order valence-corrected chi connectivity index (χ4v) is 8.07. The molecule has 0 saturated heterocycles. The Bertz CT molecular complexity index is 538. The first kappa shape index (κ1) is 46.0. The molecule has 0 radical (unpaired) electrons. The molecule has 278 valence electrons. The molecule has 0 rings (SSSR count). The van der Waals surface area contributed by atoms with Crippen molar-refractivity contribution < 1.29 is 0 Å². The van der Waals surface area contributed by atoms with Crippen molar-refractivity contribution in [3.63, 3.8) is 0 Å². The molecule has 0 heterocycles. The summed E-state index contributed by atoms with van der Waals surface area (Å²) in [6, 6.07) is 0. The van der Waals surface area contributed by atoms with Crippen LogP contribution in [-0.4, -0.2) is 22.5 Å². The Morgan fingerprint density at radius 3 is 0.696 bits per heavy atom. The van der Waals surface area contributed by atoms with Gasteiger partial charge in [0.2, 0.25) is 0 Å². The van der Waals surface area contributed by atoms with E-state index in [1.807, 2.05) is 0 Å². The van der Waals surface area contributed by atoms with Crippen LogP contribution in [0.25, 0.3) is 0 Å². The molecule has 1 nitrogen and oxygen atoms in total. The van der Waals surface area contributed by atoms with E-state index in [1.54, 1.807) is 0 Å². The lowest BCUT2D eigenvalue weighted by molar-refractivity contribution is 0.00151. The zero-order valence-corrected chi connectivity index (χ0v) is 33.9. The van der Waals surface area contributed by atoms with Crippen LogP contribution >= 0.6 is 0 Å². The number of unbranched alkanes of at least 4 members (excludes halogenated alkanes) is 30. The van der Waals surface area contributed by atoms with Crippen LogP contribution in [0.2, 0.25) is 0 Å². The lowest BCUT2D eigenvalue weighted by atomic mass is 9.85. The molecule has 0 aromatic carbocycles. The SMILES string of the molecule is CCCCCCCCCCCCCCC(C)(C)N(CCCCCCCCCCC)C(C)(C)CCCCCCCCCCCCCC. The maximum Gasteiger partial charge on any atom is 0.0158 e. The zero-order valence-electron chi connectivity index (χ0n) is 33.9. The third-order valence-electron chi connectivity index (χ3n) is 11.2. The predicted molar refractivity (Wildman–Crippen MR) is 213 cm³/mol. The molecule has 0 aliphatic carbocycles. The molecule has 46 heavy (non-hydrogen) atoms. The van der Waals surface area contributed by atoms with E-state index in [1.165, 1.54) is 231 Å². The van der Waals surface area contributed by atoms with E-state index in [0.29, 0.717) is 11.1 Å². The van der Waals surface area contributed by atoms with E-state index in [2.05, 4.69) is 53.4 Å². The van der Waals surface area contributed by atoms with Crippen LogP contribution in [0.5, 0.6) is 0 Å². The van der Waals surface area contributed by atoms with Gasteiger partial charge in [-0.2, -0.15) is 0 Å². The summed E-state index contributed by atoms with van der Waals surface area (Å²) in [7, 11) is 0. The van der Waals surface area contributed by atoms with Crippen LogP contribution in [0.3, 0.4) is 0 Å². The van der Waals surface area contributed by atoms with Crippen LogP contribution in [0, 0.1) is 0 Å². The smallest absolute Gasteiger partial charge is 0.0158 e. The van der Waals surface area contributed by atoms with Crippen LogP contribution in [0.15, 0.2) is 0 Å². The number of hydrogen-bond donors (Lipinski definition) is 0. The number of rotatable bonds is 38. The summed E-state index contributed by atoms with van der Waals surface area (Å²) in [6.07, 6.45) is 50.3. The van der Waals surface area contributed by atoms with E-state index >= 15 is 0 Å². The quantitative estimate of drug-likeness (QED) is 0.0603. The average Bonchev–Trinajstić information content (AvgIpc) is 3.02. The van der Waals surface area contributed by atoms with Gasteiger partial charge >= 0.3 is 0 Å². The molecule has 0 N–H and O–H groups in total. The molecule has 0 saturated carbocycles. The van der Waals surface area contributed by atoms with Gasteiger partial charge < -0.3 is 0 Å². The molecule has 0 spiro atoms. The van der Waals surface area contributed by atoms with Crippen molar-refractivity contribution in [2.75, 3.05) is 6.54 Å². The van der Waals surface area contributed by atoms with Gasteiger partial charge in [-0.15, -0.1) is 0 Å². The molecule has 1 heteroatoms. The van der Waals surface area contributed by atoms with Gasteiger partial charge in [0.25, 0.3) is 0 Å². The van der Waals surface area contributed by atoms with Crippen molar-refractivity contribution >= 4 is 0 Å². The molecule has 0 amide bonds. The maximum absolute atomic E-state index is 2.98. The zero-order chi connectivity index (χ0) is 34.0. The molecule has 0 atom stereocenters. The first-order valence-corrected chi connectivity index (χ1v) is 22.1. The highest BCUT2D eigenvalue weighted by atomic mass is 15.2. The molecule has 0 aromatic heterocycles. The Morgan fingerprint density at radius 2 is 0.457 bits per heavy atom. The monoisotopic (exact) mass is 648 g/mol. The summed E-state index contributed by atoms with van der Waals surface area (Å²) in [4.78, 5) is 2.98. The number of hydrogen-bond acceptors (Lipinski definition) is 1. The lowest BCUT2D eigenvalue weighted by Gasteiger charge is -2.49. The van der Waals surface area contributed by atoms with E-state index in [4.69, 9.17) is 0 Å². The van der Waals surface area contributed by atoms with Crippen molar-refractivity contribution in [2.45, 2.75) is 284 Å². The topological polar surface area (TPSA) is 3.24 Å². The molecule has 0 fully saturated rings. The largest absolute Gasteiger partial charge is 0.293 e. The van der Waals surface area contributed by atoms with Gasteiger partial charge in [-0.3, -0.25) is 4.90 Å². The van der Waals surface area contributed by atoms with Crippen LogP contribution < -0.4 is 0 Å². The first-order chi connectivity index (χ1) is 22.3. The second-order valence-electron chi connectivity index (χ2n) is 16.9. The fraction of sp³-hybridized carbons (Fsp3) is 1.00. The Balaban J connectivity index is 4.51. The minimum Gasteiger partial charge on any atom is -0.293 e. The summed E-state index contributed by atoms with van der Waals surface area (Å²) < 4.78 is 0. The van der Waals surface area contributed by atoms with Crippen molar-refractivity contribution in [2.24, 2.45) is 0 Å². The Morgan fingerprint density at radius 1 is 0.261 bits per heavy atom. The van der Waals surface area contributed by atoms with E-state index in [-0.39, 0.29) is 0 Å². The average molecular weight is 648 g/mol. The Hall–Kier alpha value is -0.0400. The minimum atomic E-state index is 0.305. The van der Waals surface area contributed by atoms with Crippen LogP contribution in [0.1, 0.15) is 273 Å². The van der Waals surface area contributed by atoms with Crippen LogP contribution in [-0.2, 0) is 0 Å². The summed E-state index contributed by atoms with van der Waals surface area (Å²) >= 11 is 0. The van der Waals surface area contributed by atoms with Gasteiger partial charge in [-0.25, -0.2) is 0 Å². The molecule has 0 bridgehead atoms. The van der Waals surface area contributed by atoms with Crippen molar-refractivity contribution in [1.82, 2.24) is 4.90 Å². The molecular weight excluding hydrogens is 555 g/mol. The van der Waals surface area contributed by atoms with Crippen molar-refractivity contribution in [3.8, 4) is 0 Å². The van der Waals surface area contributed by atoms with Gasteiger partial charge in [0, 0.05) is 11.1 Å². The molecule has 0 aromatic rings. The van der Waals surface area contributed by atoms with E-state index in [9.17, 15) is 0 Å². The Labute approximate surface area is 295 Å². The summed E-state index contributed by atoms with van der Waals surface area (Å²) in [6.45, 7) is 18.6. The van der Waals surface area contributed by atoms with Gasteiger partial charge in [0.05, 0.1) is 0 Å². The summed E-state index contributed by atoms with van der Waals surface area (Å²) in [5.41, 5.74) is 0.610. The van der Waals surface area contributed by atoms with Gasteiger partial charge in [0.15, 0.2) is 0 Å². The lowest BCUT2D eigenvalue weighted by Crippen LogP contribution is -2.55. The molecular formula is C45H93N. The first-order valence-electron chi connectivity index (χ1n) is 22.1. The van der Waals surface area contributed by atoms with Crippen molar-refractivity contribution in [1.29, 1.82) is 0 Å². The second kappa shape index (κ2) is 33.5. The maximum atomic E-state index is 2.98. The third-order valence-corrected chi connectivity index (χ3v) is 11.2. The standard InChI is InChI=1S/C45H93N/c1-8-11-14-17-20-23-25-27-29-32-35-38-41-44(4,5)46(43-40-37-34-31-22-19-16-13-10-3)45(6,7)42-39-36-33-30-28-26-24-21-18-15-12-9-2/h8-43H2,1-7H3. The molecule has 0 unspecified atom stereocenters. The van der Waals surface area contributed by atoms with Crippen molar-refractivity contribution in [3.05, 3.63) is 0 Å². The molecule has 0 aliphatic heterocycles. The van der Waals surface area contributed by atoms with Crippen LogP contribution in [0.4, 0.5) is 0 Å². The third kappa shape index (κ3) is 28.9. The summed E-state index contributed by atoms with van der Waals surface area (Å²) in [5, 5.41) is 0. The van der Waals surface area contributed by atoms with E-state index < -0.39 is 0 Å². The fourth-order valence-electron chi connectivity index (χ4n) is 8.07. The minimum absolute atomic E-state index is 0.305. The van der Waals surface area contributed by atoms with E-state index in [0.717, 1.165) is 0 Å². The predicted octanol–water partition coefficient (Wildman–Crippen LogP) is 16.6. The number of nitrogens with zero attached hydrogens (tertiary/aromatic N) is 1. The van der Waals surface area contributed by atoms with Gasteiger partial charge in [0.1, 0.15) is 0 Å². The van der Waals surface area contributed by atoms with Gasteiger partial charge in [-0.1, -0.05) is 226 Å². The van der Waals surface area contributed by atoms with Gasteiger partial charge in [-0.05, 0) is 53.5 Å². The summed E-state index contributed by atoms with van der Waals surface area (Å²) in [5.74, 6) is 0. The molecule has 0 aliphatic rings. The normalized spacial score (nSPS) is 12.5.